The Hall–Kier alpha value is -1.05. The van der Waals surface area contributed by atoms with E-state index in [2.05, 4.69) is 26.8 Å². The molecule has 0 bridgehead atoms. The van der Waals surface area contributed by atoms with Gasteiger partial charge in [-0.2, -0.15) is 0 Å². The van der Waals surface area contributed by atoms with E-state index in [1.807, 2.05) is 0 Å². The molecule has 0 amide bonds. The van der Waals surface area contributed by atoms with Crippen LogP contribution in [0.4, 0.5) is 0 Å². The van der Waals surface area contributed by atoms with Crippen molar-refractivity contribution in [1.29, 1.82) is 0 Å². The molecule has 0 heterocycles. The second kappa shape index (κ2) is 5.72. The first kappa shape index (κ1) is 17.1. The second-order valence-electron chi connectivity index (χ2n) is 10.2. The zero-order valence-electron chi connectivity index (χ0n) is 16.8. The van der Waals surface area contributed by atoms with Crippen LogP contribution in [0.1, 0.15) is 78.6 Å². The molecular weight excluding hydrogens is 320 g/mol. The Bertz CT molecular complexity index is 697. The third-order valence-corrected chi connectivity index (χ3v) is 8.98. The molecule has 0 radical (unpaired) electrons. The lowest BCUT2D eigenvalue weighted by atomic mass is 9.47. The maximum atomic E-state index is 12.7. The molecule has 2 nitrogen and oxygen atoms in total. The summed E-state index contributed by atoms with van der Waals surface area (Å²) in [5.41, 5.74) is 3.72. The van der Waals surface area contributed by atoms with Crippen LogP contribution in [-0.4, -0.2) is 12.4 Å². The molecule has 5 aliphatic carbocycles. The number of carbonyl (C=O) groups is 1. The van der Waals surface area contributed by atoms with Crippen LogP contribution in [0.15, 0.2) is 23.0 Å². The monoisotopic (exact) mass is 354 g/mol. The minimum absolute atomic E-state index is 0.00925. The summed E-state index contributed by atoms with van der Waals surface area (Å²) in [6.07, 6.45) is 13.2. The van der Waals surface area contributed by atoms with E-state index in [0.29, 0.717) is 17.1 Å². The molecule has 3 fully saturated rings. The Morgan fingerprint density at radius 3 is 2.54 bits per heavy atom. The number of ketones is 1. The van der Waals surface area contributed by atoms with E-state index in [-0.39, 0.29) is 5.41 Å². The Kier molecular flexibility index (Phi) is 3.76. The maximum Gasteiger partial charge on any atom is 0.139 e. The normalized spacial score (nSPS) is 45.0. The van der Waals surface area contributed by atoms with Crippen LogP contribution in [0.3, 0.4) is 0 Å². The number of hydrogen-bond acceptors (Lipinski definition) is 2. The van der Waals surface area contributed by atoms with E-state index in [9.17, 15) is 4.79 Å². The summed E-state index contributed by atoms with van der Waals surface area (Å²) in [5, 5.41) is 0. The van der Waals surface area contributed by atoms with E-state index in [1.165, 1.54) is 37.9 Å². The Labute approximate surface area is 158 Å². The third kappa shape index (κ3) is 2.26. The molecule has 5 unspecified atom stereocenters. The fourth-order valence-corrected chi connectivity index (χ4v) is 7.38. The topological polar surface area (TPSA) is 26.3 Å². The van der Waals surface area contributed by atoms with Crippen molar-refractivity contribution in [2.75, 3.05) is 6.61 Å². The standard InChI is InChI=1S/C24H34O2/c1-4-26-16-9-11-23(2)20-10-12-24(3)19(7-8-22(24)25)18(20)14-17(15-5-6-15)21(23)13-16/h13,15,18-20H,4-12,14H2,1-3H3. The Morgan fingerprint density at radius 2 is 1.81 bits per heavy atom. The molecule has 0 aromatic rings. The van der Waals surface area contributed by atoms with Crippen LogP contribution in [-0.2, 0) is 9.53 Å². The minimum atomic E-state index is -0.00925. The number of rotatable bonds is 3. The van der Waals surface area contributed by atoms with E-state index in [1.54, 1.807) is 11.1 Å². The average molecular weight is 355 g/mol. The van der Waals surface area contributed by atoms with Gasteiger partial charge < -0.3 is 4.74 Å². The first-order valence-electron chi connectivity index (χ1n) is 11.1. The van der Waals surface area contributed by atoms with Gasteiger partial charge in [-0.3, -0.25) is 4.79 Å². The molecule has 5 aliphatic rings. The predicted octanol–water partition coefficient (Wildman–Crippen LogP) is 5.83. The molecule has 142 valence electrons. The Morgan fingerprint density at radius 1 is 1.04 bits per heavy atom. The maximum absolute atomic E-state index is 12.7. The fourth-order valence-electron chi connectivity index (χ4n) is 7.38. The number of fused-ring (bicyclic) bond motifs is 5. The van der Waals surface area contributed by atoms with E-state index in [4.69, 9.17) is 4.74 Å². The van der Waals surface area contributed by atoms with Crippen molar-refractivity contribution in [3.05, 3.63) is 23.0 Å². The summed E-state index contributed by atoms with van der Waals surface area (Å²) in [4.78, 5) is 12.7. The predicted molar refractivity (Wildman–Crippen MR) is 103 cm³/mol. The van der Waals surface area contributed by atoms with Crippen molar-refractivity contribution in [1.82, 2.24) is 0 Å². The summed E-state index contributed by atoms with van der Waals surface area (Å²) in [6, 6.07) is 0. The number of carbonyl (C=O) groups excluding carboxylic acids is 1. The van der Waals surface area contributed by atoms with Crippen molar-refractivity contribution < 1.29 is 9.53 Å². The SMILES string of the molecule is CCOC1=CC2=C(C3CC3)CC3C4CCC(=O)C4(C)CCC3C2(C)CC1. The number of ether oxygens (including phenoxy) is 1. The molecule has 26 heavy (non-hydrogen) atoms. The molecule has 0 saturated heterocycles. The number of allylic oxidation sites excluding steroid dienone is 4. The highest BCUT2D eigenvalue weighted by Crippen LogP contribution is 2.66. The lowest BCUT2D eigenvalue weighted by Gasteiger charge is -2.57. The fraction of sp³-hybridized carbons (Fsp3) is 0.792. The molecule has 5 atom stereocenters. The zero-order valence-corrected chi connectivity index (χ0v) is 16.8. The second-order valence-corrected chi connectivity index (χ2v) is 10.2. The van der Waals surface area contributed by atoms with E-state index < -0.39 is 0 Å². The quantitative estimate of drug-likeness (QED) is 0.637. The summed E-state index contributed by atoms with van der Waals surface area (Å²) >= 11 is 0. The first-order chi connectivity index (χ1) is 12.5. The molecule has 0 aromatic heterocycles. The van der Waals surface area contributed by atoms with Gasteiger partial charge in [0.2, 0.25) is 0 Å². The smallest absolute Gasteiger partial charge is 0.139 e. The highest BCUT2D eigenvalue weighted by molar-refractivity contribution is 5.87. The largest absolute Gasteiger partial charge is 0.498 e. The average Bonchev–Trinajstić information content (AvgIpc) is 3.41. The van der Waals surface area contributed by atoms with Crippen molar-refractivity contribution >= 4 is 5.78 Å². The van der Waals surface area contributed by atoms with Gasteiger partial charge in [-0.15, -0.1) is 0 Å². The molecule has 0 N–H and O–H groups in total. The van der Waals surface area contributed by atoms with Crippen molar-refractivity contribution in [3.8, 4) is 0 Å². The molecule has 0 aliphatic heterocycles. The van der Waals surface area contributed by atoms with Gasteiger partial charge in [0.05, 0.1) is 12.4 Å². The third-order valence-electron chi connectivity index (χ3n) is 8.98. The Balaban J connectivity index is 1.58. The molecular formula is C24H34O2. The summed E-state index contributed by atoms with van der Waals surface area (Å²) in [7, 11) is 0. The molecule has 0 spiro atoms. The minimum Gasteiger partial charge on any atom is -0.498 e. The van der Waals surface area contributed by atoms with Crippen LogP contribution >= 0.6 is 0 Å². The van der Waals surface area contributed by atoms with E-state index in [0.717, 1.165) is 50.0 Å². The lowest BCUT2D eigenvalue weighted by Crippen LogP contribution is -2.50. The van der Waals surface area contributed by atoms with Gasteiger partial charge >= 0.3 is 0 Å². The number of Topliss-reactive ketones (excluding diaryl/α,β-unsaturated/α-hetero) is 1. The van der Waals surface area contributed by atoms with Gasteiger partial charge in [-0.05, 0) is 92.6 Å². The van der Waals surface area contributed by atoms with Gasteiger partial charge in [-0.25, -0.2) is 0 Å². The highest BCUT2D eigenvalue weighted by atomic mass is 16.5. The molecule has 2 heteroatoms. The zero-order chi connectivity index (χ0) is 18.1. The summed E-state index contributed by atoms with van der Waals surface area (Å²) < 4.78 is 5.94. The summed E-state index contributed by atoms with van der Waals surface area (Å²) in [6.45, 7) is 7.74. The van der Waals surface area contributed by atoms with Crippen molar-refractivity contribution in [2.45, 2.75) is 78.6 Å². The van der Waals surface area contributed by atoms with Crippen molar-refractivity contribution in [2.24, 2.45) is 34.5 Å². The summed E-state index contributed by atoms with van der Waals surface area (Å²) in [5.74, 6) is 4.75. The molecule has 3 saturated carbocycles. The van der Waals surface area contributed by atoms with Crippen LogP contribution < -0.4 is 0 Å². The van der Waals surface area contributed by atoms with Gasteiger partial charge in [0.15, 0.2) is 0 Å². The highest BCUT2D eigenvalue weighted by Gasteiger charge is 2.59. The van der Waals surface area contributed by atoms with Crippen LogP contribution in [0, 0.1) is 34.5 Å². The number of hydrogen-bond donors (Lipinski definition) is 0. The van der Waals surface area contributed by atoms with Gasteiger partial charge in [0.1, 0.15) is 5.78 Å². The van der Waals surface area contributed by atoms with Crippen LogP contribution in [0.5, 0.6) is 0 Å². The van der Waals surface area contributed by atoms with E-state index >= 15 is 0 Å². The van der Waals surface area contributed by atoms with Crippen LogP contribution in [0.2, 0.25) is 0 Å². The molecule has 5 rings (SSSR count). The molecule has 0 aromatic carbocycles. The van der Waals surface area contributed by atoms with Gasteiger partial charge in [0.25, 0.3) is 0 Å². The van der Waals surface area contributed by atoms with Gasteiger partial charge in [0, 0.05) is 18.3 Å². The van der Waals surface area contributed by atoms with Crippen LogP contribution in [0.25, 0.3) is 0 Å². The van der Waals surface area contributed by atoms with Crippen molar-refractivity contribution in [3.63, 3.8) is 0 Å². The van der Waals surface area contributed by atoms with Gasteiger partial charge in [-0.1, -0.05) is 19.4 Å². The lowest BCUT2D eigenvalue weighted by molar-refractivity contribution is -0.131. The first-order valence-corrected chi connectivity index (χ1v) is 11.1.